The van der Waals surface area contributed by atoms with Crippen LogP contribution in [0.5, 0.6) is 10.9 Å². The molecule has 2 aromatic carbocycles. The number of likely N-dealkylation sites (tertiary alicyclic amines) is 1. The van der Waals surface area contributed by atoms with Crippen molar-refractivity contribution >= 4 is 33.3 Å². The molecule has 0 spiro atoms. The number of urea groups is 1. The normalized spacial score (nSPS) is 14.9. The van der Waals surface area contributed by atoms with Crippen LogP contribution in [0.1, 0.15) is 18.4 Å². The maximum atomic E-state index is 12.5. The van der Waals surface area contributed by atoms with Gasteiger partial charge in [-0.25, -0.2) is 9.78 Å². The smallest absolute Gasteiger partial charge is 0.321 e. The van der Waals surface area contributed by atoms with Crippen LogP contribution in [0, 0.1) is 6.92 Å². The van der Waals surface area contributed by atoms with Gasteiger partial charge in [0.15, 0.2) is 0 Å². The Bertz CT molecular complexity index is 963. The van der Waals surface area contributed by atoms with Crippen LogP contribution in [-0.2, 0) is 0 Å². The summed E-state index contributed by atoms with van der Waals surface area (Å²) < 4.78 is 12.4. The molecule has 1 saturated heterocycles. The lowest BCUT2D eigenvalue weighted by atomic mass is 10.1. The number of anilines is 1. The molecule has 2 amide bonds. The Morgan fingerprint density at radius 2 is 1.93 bits per heavy atom. The summed E-state index contributed by atoms with van der Waals surface area (Å²) >= 11 is 1.58. The van der Waals surface area contributed by atoms with Gasteiger partial charge in [0.2, 0.25) is 0 Å². The maximum absolute atomic E-state index is 12.5. The highest BCUT2D eigenvalue weighted by Gasteiger charge is 2.25. The van der Waals surface area contributed by atoms with Crippen LogP contribution in [0.2, 0.25) is 0 Å². The topological polar surface area (TPSA) is 63.7 Å². The predicted molar refractivity (Wildman–Crippen MR) is 112 cm³/mol. The van der Waals surface area contributed by atoms with E-state index in [2.05, 4.69) is 29.4 Å². The van der Waals surface area contributed by atoms with E-state index in [0.717, 1.165) is 40.1 Å². The number of methoxy groups -OCH3 is 1. The van der Waals surface area contributed by atoms with Crippen molar-refractivity contribution in [1.82, 2.24) is 9.88 Å². The van der Waals surface area contributed by atoms with E-state index in [4.69, 9.17) is 9.47 Å². The summed E-state index contributed by atoms with van der Waals surface area (Å²) in [6.07, 6.45) is 1.68. The largest absolute Gasteiger partial charge is 0.497 e. The van der Waals surface area contributed by atoms with Gasteiger partial charge in [-0.2, -0.15) is 0 Å². The molecule has 0 saturated carbocycles. The number of piperidine rings is 1. The van der Waals surface area contributed by atoms with Crippen LogP contribution >= 0.6 is 11.3 Å². The molecule has 6 nitrogen and oxygen atoms in total. The summed E-state index contributed by atoms with van der Waals surface area (Å²) in [5, 5.41) is 3.65. The Hall–Kier alpha value is -2.80. The highest BCUT2D eigenvalue weighted by molar-refractivity contribution is 7.20. The maximum Gasteiger partial charge on any atom is 0.321 e. The molecule has 0 bridgehead atoms. The van der Waals surface area contributed by atoms with E-state index < -0.39 is 0 Å². The molecule has 1 aliphatic rings. The molecule has 0 radical (unpaired) electrons. The summed E-state index contributed by atoms with van der Waals surface area (Å²) in [4.78, 5) is 18.9. The van der Waals surface area contributed by atoms with Crippen molar-refractivity contribution in [3.05, 3.63) is 48.0 Å². The first-order valence-electron chi connectivity index (χ1n) is 9.35. The molecule has 28 heavy (non-hydrogen) atoms. The highest BCUT2D eigenvalue weighted by Crippen LogP contribution is 2.31. The zero-order chi connectivity index (χ0) is 19.5. The lowest BCUT2D eigenvalue weighted by molar-refractivity contribution is 0.115. The molecular weight excluding hydrogens is 374 g/mol. The number of aromatic nitrogens is 1. The number of carbonyl (C=O) groups excluding carboxylic acids is 1. The number of nitrogens with one attached hydrogen (secondary N) is 1. The molecular formula is C21H23N3O3S. The van der Waals surface area contributed by atoms with Gasteiger partial charge >= 0.3 is 6.03 Å². The Morgan fingerprint density at radius 3 is 2.61 bits per heavy atom. The van der Waals surface area contributed by atoms with Gasteiger partial charge in [-0.05, 0) is 42.8 Å². The number of fused-ring (bicyclic) bond motifs is 1. The minimum Gasteiger partial charge on any atom is -0.497 e. The molecule has 0 unspecified atom stereocenters. The number of nitrogens with zero attached hydrogens (tertiary/aromatic N) is 2. The van der Waals surface area contributed by atoms with Crippen LogP contribution < -0.4 is 14.8 Å². The molecule has 1 aromatic heterocycles. The molecule has 146 valence electrons. The Labute approximate surface area is 168 Å². The van der Waals surface area contributed by atoms with Crippen molar-refractivity contribution in [2.24, 2.45) is 0 Å². The highest BCUT2D eigenvalue weighted by atomic mass is 32.1. The zero-order valence-corrected chi connectivity index (χ0v) is 16.8. The first kappa shape index (κ1) is 18.6. The summed E-state index contributed by atoms with van der Waals surface area (Å²) in [7, 11) is 1.62. The number of benzene rings is 2. The van der Waals surface area contributed by atoms with E-state index in [1.165, 1.54) is 0 Å². The Morgan fingerprint density at radius 1 is 1.18 bits per heavy atom. The molecule has 1 fully saturated rings. The molecule has 7 heteroatoms. The molecule has 3 aromatic rings. The van der Waals surface area contributed by atoms with Crippen molar-refractivity contribution in [3.63, 3.8) is 0 Å². The number of rotatable bonds is 4. The molecule has 0 atom stereocenters. The van der Waals surface area contributed by atoms with Crippen LogP contribution in [0.25, 0.3) is 10.2 Å². The van der Waals surface area contributed by atoms with E-state index in [9.17, 15) is 4.79 Å². The molecule has 2 heterocycles. The Balaban J connectivity index is 1.30. The minimum absolute atomic E-state index is 0.0840. The van der Waals surface area contributed by atoms with Crippen LogP contribution in [0.4, 0.5) is 10.5 Å². The molecule has 1 N–H and O–H groups in total. The molecule has 1 aliphatic heterocycles. The third kappa shape index (κ3) is 4.04. The second kappa shape index (κ2) is 8.06. The van der Waals surface area contributed by atoms with Gasteiger partial charge in [-0.15, -0.1) is 0 Å². The second-order valence-electron chi connectivity index (χ2n) is 6.86. The minimum atomic E-state index is -0.0840. The van der Waals surface area contributed by atoms with Gasteiger partial charge in [-0.1, -0.05) is 23.5 Å². The zero-order valence-electron chi connectivity index (χ0n) is 16.0. The van der Waals surface area contributed by atoms with Crippen LogP contribution in [0.3, 0.4) is 0 Å². The van der Waals surface area contributed by atoms with Crippen LogP contribution in [-0.4, -0.2) is 42.2 Å². The fourth-order valence-corrected chi connectivity index (χ4v) is 4.27. The van der Waals surface area contributed by atoms with Crippen molar-refractivity contribution in [2.45, 2.75) is 25.9 Å². The van der Waals surface area contributed by atoms with Crippen molar-refractivity contribution in [1.29, 1.82) is 0 Å². The van der Waals surface area contributed by atoms with Gasteiger partial charge in [0.05, 0.1) is 17.3 Å². The summed E-state index contributed by atoms with van der Waals surface area (Å²) in [6, 6.07) is 13.4. The fourth-order valence-electron chi connectivity index (χ4n) is 3.31. The average Bonchev–Trinajstić information content (AvgIpc) is 3.13. The first-order chi connectivity index (χ1) is 13.6. The average molecular weight is 398 g/mol. The summed E-state index contributed by atoms with van der Waals surface area (Å²) in [6.45, 7) is 3.39. The number of hydrogen-bond acceptors (Lipinski definition) is 5. The monoisotopic (exact) mass is 397 g/mol. The number of amides is 2. The fraction of sp³-hybridized carbons (Fsp3) is 0.333. The van der Waals surface area contributed by atoms with E-state index in [1.807, 2.05) is 35.2 Å². The van der Waals surface area contributed by atoms with Gasteiger partial charge < -0.3 is 19.7 Å². The van der Waals surface area contributed by atoms with Crippen molar-refractivity contribution < 1.29 is 14.3 Å². The number of hydrogen-bond donors (Lipinski definition) is 1. The third-order valence-electron chi connectivity index (χ3n) is 4.94. The van der Waals surface area contributed by atoms with Gasteiger partial charge in [-0.3, -0.25) is 0 Å². The lowest BCUT2D eigenvalue weighted by Crippen LogP contribution is -2.43. The van der Waals surface area contributed by atoms with E-state index in [-0.39, 0.29) is 12.1 Å². The first-order valence-corrected chi connectivity index (χ1v) is 10.2. The summed E-state index contributed by atoms with van der Waals surface area (Å²) in [5.74, 6) is 0.765. The Kier molecular flexibility index (Phi) is 5.34. The molecule has 0 aliphatic carbocycles. The number of carbonyl (C=O) groups is 1. The number of ether oxygens (including phenoxy) is 2. The van der Waals surface area contributed by atoms with E-state index >= 15 is 0 Å². The second-order valence-corrected chi connectivity index (χ2v) is 7.86. The molecule has 4 rings (SSSR count). The number of para-hydroxylation sites is 1. The van der Waals surface area contributed by atoms with Gasteiger partial charge in [0.25, 0.3) is 5.19 Å². The quantitative estimate of drug-likeness (QED) is 0.694. The van der Waals surface area contributed by atoms with Crippen molar-refractivity contribution in [2.75, 3.05) is 25.5 Å². The third-order valence-corrected chi connectivity index (χ3v) is 5.85. The van der Waals surface area contributed by atoms with Crippen LogP contribution in [0.15, 0.2) is 42.5 Å². The standard InChI is InChI=1S/C21H23N3O3S/c1-14-4-3-5-18-19(14)23-21(28-18)27-17-10-12-24(13-11-17)20(25)22-15-6-8-16(26-2)9-7-15/h3-9,17H,10-13H2,1-2H3,(H,22,25). The number of thiazole rings is 1. The number of aryl methyl sites for hydroxylation is 1. The van der Waals surface area contributed by atoms with E-state index in [1.54, 1.807) is 18.4 Å². The van der Waals surface area contributed by atoms with Gasteiger partial charge in [0.1, 0.15) is 11.9 Å². The van der Waals surface area contributed by atoms with Gasteiger partial charge in [0, 0.05) is 31.6 Å². The lowest BCUT2D eigenvalue weighted by Gasteiger charge is -2.31. The van der Waals surface area contributed by atoms with Crippen molar-refractivity contribution in [3.8, 4) is 10.9 Å². The predicted octanol–water partition coefficient (Wildman–Crippen LogP) is 4.69. The SMILES string of the molecule is COc1ccc(NC(=O)N2CCC(Oc3nc4c(C)cccc4s3)CC2)cc1. The van der Waals surface area contributed by atoms with E-state index in [0.29, 0.717) is 18.3 Å². The summed E-state index contributed by atoms with van der Waals surface area (Å²) in [5.41, 5.74) is 2.93.